The molecule has 1 aliphatic heterocycles. The van der Waals surface area contributed by atoms with Crippen molar-refractivity contribution in [3.05, 3.63) is 23.8 Å². The standard InChI is InChI=1S/C14H17N3O2S.ClH/c1-8-4-3-5-10-11(8)16-14(20-10)17-13(18)12-9(2)19-7-6-15-12;/h3-5,9,12,15H,6-7H2,1-2H3,(H,16,17,18);1H/t9-,12+;/m1./s1. The van der Waals surface area contributed by atoms with Crippen LogP contribution in [0.2, 0.25) is 0 Å². The Kier molecular flexibility index (Phi) is 5.16. The van der Waals surface area contributed by atoms with Crippen molar-refractivity contribution >= 4 is 45.0 Å². The molecule has 0 spiro atoms. The van der Waals surface area contributed by atoms with Crippen molar-refractivity contribution in [2.24, 2.45) is 0 Å². The van der Waals surface area contributed by atoms with E-state index in [-0.39, 0.29) is 30.5 Å². The highest BCUT2D eigenvalue weighted by Crippen LogP contribution is 2.28. The van der Waals surface area contributed by atoms with E-state index in [1.807, 2.05) is 32.0 Å². The number of hydrogen-bond donors (Lipinski definition) is 2. The lowest BCUT2D eigenvalue weighted by Crippen LogP contribution is -2.53. The molecule has 1 saturated heterocycles. The van der Waals surface area contributed by atoms with Gasteiger partial charge in [0.05, 0.1) is 22.9 Å². The van der Waals surface area contributed by atoms with Crippen molar-refractivity contribution in [2.45, 2.75) is 26.0 Å². The average Bonchev–Trinajstić information content (AvgIpc) is 2.83. The summed E-state index contributed by atoms with van der Waals surface area (Å²) >= 11 is 1.49. The van der Waals surface area contributed by atoms with Crippen LogP contribution in [-0.2, 0) is 9.53 Å². The minimum absolute atomic E-state index is 0. The van der Waals surface area contributed by atoms with E-state index in [1.165, 1.54) is 11.3 Å². The monoisotopic (exact) mass is 327 g/mol. The van der Waals surface area contributed by atoms with Crippen LogP contribution >= 0.6 is 23.7 Å². The Bertz CT molecular complexity index is 646. The van der Waals surface area contributed by atoms with Gasteiger partial charge in [-0.25, -0.2) is 4.98 Å². The number of carbonyl (C=O) groups excluding carboxylic acids is 1. The fourth-order valence-corrected chi connectivity index (χ4v) is 3.30. The molecule has 2 atom stereocenters. The Morgan fingerprint density at radius 1 is 1.52 bits per heavy atom. The number of anilines is 1. The number of amides is 1. The summed E-state index contributed by atoms with van der Waals surface area (Å²) in [5.74, 6) is -0.0890. The minimum atomic E-state index is -0.322. The summed E-state index contributed by atoms with van der Waals surface area (Å²) in [4.78, 5) is 16.7. The maximum Gasteiger partial charge on any atom is 0.245 e. The number of nitrogens with one attached hydrogen (secondary N) is 2. The molecule has 1 aromatic heterocycles. The summed E-state index contributed by atoms with van der Waals surface area (Å²) in [5, 5.41) is 6.70. The molecule has 2 N–H and O–H groups in total. The Hall–Kier alpha value is -1.21. The van der Waals surface area contributed by atoms with Gasteiger partial charge in [-0.3, -0.25) is 4.79 Å². The highest BCUT2D eigenvalue weighted by molar-refractivity contribution is 7.22. The number of aromatic nitrogens is 1. The molecule has 1 amide bonds. The molecule has 0 radical (unpaired) electrons. The minimum Gasteiger partial charge on any atom is -0.375 e. The number of rotatable bonds is 2. The van der Waals surface area contributed by atoms with Gasteiger partial charge in [0, 0.05) is 6.54 Å². The van der Waals surface area contributed by atoms with Gasteiger partial charge in [0.1, 0.15) is 6.04 Å². The highest BCUT2D eigenvalue weighted by atomic mass is 35.5. The van der Waals surface area contributed by atoms with Gasteiger partial charge in [0.25, 0.3) is 0 Å². The Morgan fingerprint density at radius 2 is 2.33 bits per heavy atom. The summed E-state index contributed by atoms with van der Waals surface area (Å²) < 4.78 is 6.57. The molecule has 0 saturated carbocycles. The van der Waals surface area contributed by atoms with E-state index in [0.29, 0.717) is 18.3 Å². The number of fused-ring (bicyclic) bond motifs is 1. The lowest BCUT2D eigenvalue weighted by molar-refractivity contribution is -0.123. The second-order valence-corrected chi connectivity index (χ2v) is 5.97. The number of halogens is 1. The molecule has 114 valence electrons. The van der Waals surface area contributed by atoms with Crippen molar-refractivity contribution in [3.63, 3.8) is 0 Å². The number of morpholine rings is 1. The summed E-state index contributed by atoms with van der Waals surface area (Å²) in [5.41, 5.74) is 2.07. The average molecular weight is 328 g/mol. The first-order valence-electron chi connectivity index (χ1n) is 6.67. The fraction of sp³-hybridized carbons (Fsp3) is 0.429. The first kappa shape index (κ1) is 16.2. The zero-order valence-electron chi connectivity index (χ0n) is 11.9. The van der Waals surface area contributed by atoms with Crippen LogP contribution in [0.15, 0.2) is 18.2 Å². The predicted octanol–water partition coefficient (Wildman–Crippen LogP) is 2.34. The van der Waals surface area contributed by atoms with E-state index in [1.54, 1.807) is 0 Å². The van der Waals surface area contributed by atoms with Crippen LogP contribution < -0.4 is 10.6 Å². The number of aryl methyl sites for hydroxylation is 1. The number of nitrogens with zero attached hydrogens (tertiary/aromatic N) is 1. The van der Waals surface area contributed by atoms with Crippen molar-refractivity contribution in [1.82, 2.24) is 10.3 Å². The Labute approximate surface area is 133 Å². The number of para-hydroxylation sites is 1. The topological polar surface area (TPSA) is 63.2 Å². The number of thiazole rings is 1. The van der Waals surface area contributed by atoms with Crippen LogP contribution in [0, 0.1) is 6.92 Å². The third-order valence-electron chi connectivity index (χ3n) is 3.45. The van der Waals surface area contributed by atoms with Crippen LogP contribution in [0.5, 0.6) is 0 Å². The Morgan fingerprint density at radius 3 is 3.05 bits per heavy atom. The first-order valence-corrected chi connectivity index (χ1v) is 7.49. The second kappa shape index (κ2) is 6.70. The molecule has 1 fully saturated rings. The SMILES string of the molecule is Cc1cccc2sc(NC(=O)[C@H]3NCCO[C@@H]3C)nc12.Cl. The summed E-state index contributed by atoms with van der Waals surface area (Å²) in [7, 11) is 0. The van der Waals surface area contributed by atoms with Crippen molar-refractivity contribution in [1.29, 1.82) is 0 Å². The van der Waals surface area contributed by atoms with Gasteiger partial charge in [0.15, 0.2) is 5.13 Å². The molecule has 7 heteroatoms. The molecule has 1 aromatic carbocycles. The van der Waals surface area contributed by atoms with E-state index in [2.05, 4.69) is 15.6 Å². The molecule has 2 aromatic rings. The number of carbonyl (C=O) groups is 1. The summed E-state index contributed by atoms with van der Waals surface area (Å²) in [6.07, 6.45) is -0.125. The number of benzene rings is 1. The number of hydrogen-bond acceptors (Lipinski definition) is 5. The van der Waals surface area contributed by atoms with E-state index >= 15 is 0 Å². The molecule has 2 heterocycles. The highest BCUT2D eigenvalue weighted by Gasteiger charge is 2.28. The number of ether oxygens (including phenoxy) is 1. The second-order valence-electron chi connectivity index (χ2n) is 4.94. The first-order chi connectivity index (χ1) is 9.65. The summed E-state index contributed by atoms with van der Waals surface area (Å²) in [6.45, 7) is 5.26. The van der Waals surface area contributed by atoms with Crippen LogP contribution in [-0.4, -0.2) is 36.2 Å². The quantitative estimate of drug-likeness (QED) is 0.888. The maximum atomic E-state index is 12.3. The fourth-order valence-electron chi connectivity index (χ4n) is 2.35. The van der Waals surface area contributed by atoms with E-state index < -0.39 is 0 Å². The van der Waals surface area contributed by atoms with E-state index in [4.69, 9.17) is 4.74 Å². The van der Waals surface area contributed by atoms with Crippen LogP contribution in [0.3, 0.4) is 0 Å². The molecule has 1 aliphatic rings. The van der Waals surface area contributed by atoms with E-state index in [9.17, 15) is 4.79 Å². The predicted molar refractivity (Wildman–Crippen MR) is 87.4 cm³/mol. The normalized spacial score (nSPS) is 21.8. The Balaban J connectivity index is 0.00000161. The van der Waals surface area contributed by atoms with Crippen LogP contribution in [0.4, 0.5) is 5.13 Å². The third-order valence-corrected chi connectivity index (χ3v) is 4.39. The molecular formula is C14H18ClN3O2S. The molecular weight excluding hydrogens is 310 g/mol. The van der Waals surface area contributed by atoms with Gasteiger partial charge in [0.2, 0.25) is 5.91 Å². The zero-order valence-corrected chi connectivity index (χ0v) is 13.5. The summed E-state index contributed by atoms with van der Waals surface area (Å²) in [6, 6.07) is 5.71. The van der Waals surface area contributed by atoms with Crippen molar-refractivity contribution in [3.8, 4) is 0 Å². The molecule has 0 bridgehead atoms. The molecule has 3 rings (SSSR count). The largest absolute Gasteiger partial charge is 0.375 e. The van der Waals surface area contributed by atoms with Crippen LogP contribution in [0.25, 0.3) is 10.2 Å². The van der Waals surface area contributed by atoms with Gasteiger partial charge in [-0.15, -0.1) is 12.4 Å². The molecule has 0 unspecified atom stereocenters. The third kappa shape index (κ3) is 3.35. The van der Waals surface area contributed by atoms with Gasteiger partial charge < -0.3 is 15.4 Å². The van der Waals surface area contributed by atoms with Crippen molar-refractivity contribution in [2.75, 3.05) is 18.5 Å². The lowest BCUT2D eigenvalue weighted by Gasteiger charge is -2.28. The van der Waals surface area contributed by atoms with Gasteiger partial charge >= 0.3 is 0 Å². The van der Waals surface area contributed by atoms with Crippen molar-refractivity contribution < 1.29 is 9.53 Å². The smallest absolute Gasteiger partial charge is 0.245 e. The van der Waals surface area contributed by atoms with Gasteiger partial charge in [-0.1, -0.05) is 23.5 Å². The van der Waals surface area contributed by atoms with Crippen LogP contribution in [0.1, 0.15) is 12.5 Å². The zero-order chi connectivity index (χ0) is 14.1. The molecule has 5 nitrogen and oxygen atoms in total. The molecule has 0 aliphatic carbocycles. The molecule has 21 heavy (non-hydrogen) atoms. The lowest BCUT2D eigenvalue weighted by atomic mass is 10.1. The van der Waals surface area contributed by atoms with Gasteiger partial charge in [-0.05, 0) is 25.5 Å². The van der Waals surface area contributed by atoms with E-state index in [0.717, 1.165) is 15.8 Å². The maximum absolute atomic E-state index is 12.3. The van der Waals surface area contributed by atoms with Gasteiger partial charge in [-0.2, -0.15) is 0 Å².